The lowest BCUT2D eigenvalue weighted by molar-refractivity contribution is 0.195. The molecule has 1 aromatic heterocycles. The predicted molar refractivity (Wildman–Crippen MR) is 35.8 cm³/mol. The number of pyridine rings is 1. The van der Waals surface area contributed by atoms with Crippen molar-refractivity contribution in [3.8, 4) is 5.75 Å². The molecule has 2 N–H and O–H groups in total. The second-order valence-corrected chi connectivity index (χ2v) is 1.85. The Labute approximate surface area is 61.1 Å². The van der Waals surface area contributed by atoms with Gasteiger partial charge in [0, 0.05) is 6.20 Å². The van der Waals surface area contributed by atoms with Gasteiger partial charge in [0.1, 0.15) is 0 Å². The second-order valence-electron chi connectivity index (χ2n) is 1.85. The minimum atomic E-state index is -1.41. The molecule has 0 fully saturated rings. The number of hydrogen-bond acceptors (Lipinski definition) is 3. The summed E-state index contributed by atoms with van der Waals surface area (Å²) in [5.41, 5.74) is -0.931. The van der Waals surface area contributed by atoms with Gasteiger partial charge in [0.2, 0.25) is 0 Å². The van der Waals surface area contributed by atoms with Crippen LogP contribution in [0.2, 0.25) is 0 Å². The highest BCUT2D eigenvalue weighted by molar-refractivity contribution is 5.67. The molecule has 0 aliphatic carbocycles. The number of hydrogen-bond donors (Lipinski definition) is 2. The number of carboxylic acid groups (broad SMARTS) is 1. The standard InChI is InChI=1S/C6H5NO4/c8-4-2-1-3-7(5(4)9)6(10)11/h1-3,8H,(H,10,11). The Hall–Kier alpha value is -1.78. The van der Waals surface area contributed by atoms with Gasteiger partial charge < -0.3 is 10.2 Å². The van der Waals surface area contributed by atoms with Crippen molar-refractivity contribution in [2.75, 3.05) is 0 Å². The molecule has 0 aliphatic rings. The Balaban J connectivity index is 3.40. The van der Waals surface area contributed by atoms with Crippen LogP contribution >= 0.6 is 0 Å². The maximum absolute atomic E-state index is 10.7. The minimum Gasteiger partial charge on any atom is -0.503 e. The van der Waals surface area contributed by atoms with E-state index in [1.165, 1.54) is 6.07 Å². The summed E-state index contributed by atoms with van der Waals surface area (Å²) in [6.45, 7) is 0. The van der Waals surface area contributed by atoms with Gasteiger partial charge in [-0.1, -0.05) is 0 Å². The molecule has 0 saturated carbocycles. The average molecular weight is 155 g/mol. The van der Waals surface area contributed by atoms with Crippen LogP contribution in [-0.4, -0.2) is 20.9 Å². The lowest BCUT2D eigenvalue weighted by atomic mass is 10.4. The molecule has 0 saturated heterocycles. The first-order valence-electron chi connectivity index (χ1n) is 2.77. The summed E-state index contributed by atoms with van der Waals surface area (Å²) in [5.74, 6) is -0.574. The topological polar surface area (TPSA) is 79.5 Å². The van der Waals surface area contributed by atoms with Gasteiger partial charge in [-0.25, -0.2) is 9.36 Å². The van der Waals surface area contributed by atoms with Crippen molar-refractivity contribution in [2.24, 2.45) is 0 Å². The summed E-state index contributed by atoms with van der Waals surface area (Å²) in [6, 6.07) is 2.40. The van der Waals surface area contributed by atoms with E-state index in [0.29, 0.717) is 4.57 Å². The highest BCUT2D eigenvalue weighted by atomic mass is 16.4. The molecule has 0 aliphatic heterocycles. The summed E-state index contributed by atoms with van der Waals surface area (Å²) in [4.78, 5) is 21.0. The first-order chi connectivity index (χ1) is 5.13. The fraction of sp³-hybridized carbons (Fsp3) is 0. The largest absolute Gasteiger partial charge is 0.503 e. The van der Waals surface area contributed by atoms with E-state index in [2.05, 4.69) is 0 Å². The Morgan fingerprint density at radius 1 is 1.55 bits per heavy atom. The van der Waals surface area contributed by atoms with E-state index >= 15 is 0 Å². The van der Waals surface area contributed by atoms with Crippen LogP contribution in [0.3, 0.4) is 0 Å². The molecule has 0 bridgehead atoms. The van der Waals surface area contributed by atoms with Crippen molar-refractivity contribution in [1.29, 1.82) is 0 Å². The number of nitrogens with zero attached hydrogens (tertiary/aromatic N) is 1. The van der Waals surface area contributed by atoms with Gasteiger partial charge in [-0.05, 0) is 12.1 Å². The van der Waals surface area contributed by atoms with Gasteiger partial charge in [-0.2, -0.15) is 0 Å². The van der Waals surface area contributed by atoms with Crippen LogP contribution in [0.25, 0.3) is 0 Å². The zero-order chi connectivity index (χ0) is 8.43. The predicted octanol–water partition coefficient (Wildman–Crippen LogP) is 0.0800. The monoisotopic (exact) mass is 155 g/mol. The van der Waals surface area contributed by atoms with Crippen molar-refractivity contribution in [3.63, 3.8) is 0 Å². The molecule has 0 unspecified atom stereocenters. The van der Waals surface area contributed by atoms with Crippen LogP contribution in [0, 0.1) is 0 Å². The number of aromatic nitrogens is 1. The maximum atomic E-state index is 10.7. The number of carbonyl (C=O) groups is 1. The van der Waals surface area contributed by atoms with Crippen LogP contribution in [0.1, 0.15) is 0 Å². The van der Waals surface area contributed by atoms with Crippen molar-refractivity contribution in [3.05, 3.63) is 28.7 Å². The van der Waals surface area contributed by atoms with E-state index in [1.54, 1.807) is 0 Å². The number of rotatable bonds is 0. The first kappa shape index (κ1) is 7.33. The molecule has 0 spiro atoms. The summed E-state index contributed by atoms with van der Waals surface area (Å²) in [5, 5.41) is 17.1. The van der Waals surface area contributed by atoms with E-state index in [-0.39, 0.29) is 0 Å². The van der Waals surface area contributed by atoms with Crippen molar-refractivity contribution < 1.29 is 15.0 Å². The summed E-state index contributed by atoms with van der Waals surface area (Å²) in [7, 11) is 0. The molecule has 58 valence electrons. The molecule has 5 heteroatoms. The molecule has 0 aromatic carbocycles. The molecule has 1 aromatic rings. The molecular formula is C6H5NO4. The summed E-state index contributed by atoms with van der Waals surface area (Å²) < 4.78 is 0.398. The lowest BCUT2D eigenvalue weighted by Gasteiger charge is -1.96. The smallest absolute Gasteiger partial charge is 0.418 e. The van der Waals surface area contributed by atoms with Gasteiger partial charge in [0.25, 0.3) is 0 Å². The molecule has 5 nitrogen and oxygen atoms in total. The quantitative estimate of drug-likeness (QED) is 0.556. The third kappa shape index (κ3) is 1.21. The highest BCUT2D eigenvalue weighted by Gasteiger charge is 2.05. The fourth-order valence-corrected chi connectivity index (χ4v) is 0.633. The van der Waals surface area contributed by atoms with Gasteiger partial charge in [0.15, 0.2) is 5.75 Å². The van der Waals surface area contributed by atoms with E-state index in [1.807, 2.05) is 0 Å². The molecule has 11 heavy (non-hydrogen) atoms. The van der Waals surface area contributed by atoms with Gasteiger partial charge in [-0.3, -0.25) is 4.79 Å². The highest BCUT2D eigenvalue weighted by Crippen LogP contribution is 1.96. The van der Waals surface area contributed by atoms with Crippen molar-refractivity contribution in [1.82, 2.24) is 4.57 Å². The van der Waals surface area contributed by atoms with E-state index < -0.39 is 17.4 Å². The van der Waals surface area contributed by atoms with Crippen LogP contribution < -0.4 is 5.56 Å². The molecular weight excluding hydrogens is 150 g/mol. The molecule has 0 radical (unpaired) electrons. The Morgan fingerprint density at radius 2 is 2.18 bits per heavy atom. The third-order valence-electron chi connectivity index (χ3n) is 1.13. The van der Waals surface area contributed by atoms with Gasteiger partial charge >= 0.3 is 11.7 Å². The van der Waals surface area contributed by atoms with Crippen LogP contribution in [-0.2, 0) is 0 Å². The summed E-state index contributed by atoms with van der Waals surface area (Å²) >= 11 is 0. The lowest BCUT2D eigenvalue weighted by Crippen LogP contribution is -2.24. The van der Waals surface area contributed by atoms with Crippen molar-refractivity contribution in [2.45, 2.75) is 0 Å². The van der Waals surface area contributed by atoms with Crippen LogP contribution in [0.5, 0.6) is 5.75 Å². The van der Waals surface area contributed by atoms with E-state index in [4.69, 9.17) is 10.2 Å². The zero-order valence-corrected chi connectivity index (χ0v) is 5.39. The van der Waals surface area contributed by atoms with Crippen LogP contribution in [0.15, 0.2) is 23.1 Å². The zero-order valence-electron chi connectivity index (χ0n) is 5.39. The molecule has 0 atom stereocenters. The van der Waals surface area contributed by atoms with Gasteiger partial charge in [-0.15, -0.1) is 0 Å². The molecule has 1 rings (SSSR count). The average Bonchev–Trinajstić information content (AvgIpc) is 1.94. The maximum Gasteiger partial charge on any atom is 0.418 e. The third-order valence-corrected chi connectivity index (χ3v) is 1.13. The fourth-order valence-electron chi connectivity index (χ4n) is 0.633. The normalized spacial score (nSPS) is 9.45. The SMILES string of the molecule is O=C(O)n1cccc(O)c1=O. The Kier molecular flexibility index (Phi) is 1.63. The van der Waals surface area contributed by atoms with Crippen LogP contribution in [0.4, 0.5) is 4.79 Å². The van der Waals surface area contributed by atoms with Gasteiger partial charge in [0.05, 0.1) is 0 Å². The van der Waals surface area contributed by atoms with E-state index in [0.717, 1.165) is 12.3 Å². The molecule has 0 amide bonds. The second kappa shape index (κ2) is 2.45. The van der Waals surface area contributed by atoms with E-state index in [9.17, 15) is 9.59 Å². The Morgan fingerprint density at radius 3 is 2.64 bits per heavy atom. The van der Waals surface area contributed by atoms with Crippen molar-refractivity contribution >= 4 is 6.09 Å². The minimum absolute atomic E-state index is 0.398. The Bertz CT molecular complexity index is 341. The molecule has 1 heterocycles. The summed E-state index contributed by atoms with van der Waals surface area (Å²) in [6.07, 6.45) is -0.351. The number of aromatic hydroxyl groups is 1. The first-order valence-corrected chi connectivity index (χ1v) is 2.77.